The third-order valence-electron chi connectivity index (χ3n) is 5.44. The number of aromatic amines is 2. The summed E-state index contributed by atoms with van der Waals surface area (Å²) < 4.78 is 26.2. The molecule has 0 aliphatic carbocycles. The normalized spacial score (nSPS) is 15.9. The Labute approximate surface area is 174 Å². The Bertz CT molecular complexity index is 1330. The summed E-state index contributed by atoms with van der Waals surface area (Å²) in [4.78, 5) is 12.8. The molecule has 3 heterocycles. The molecule has 0 spiro atoms. The van der Waals surface area contributed by atoms with Gasteiger partial charge in [-0.2, -0.15) is 5.10 Å². The molecule has 5 rings (SSSR count). The number of nitrogens with one attached hydrogen (secondary N) is 3. The molecule has 30 heavy (non-hydrogen) atoms. The average molecular weight is 426 g/mol. The lowest BCUT2D eigenvalue weighted by atomic mass is 10.1. The maximum absolute atomic E-state index is 11.8. The molecule has 2 aromatic heterocycles. The Kier molecular flexibility index (Phi) is 4.40. The van der Waals surface area contributed by atoms with Crippen LogP contribution in [0, 0.1) is 0 Å². The van der Waals surface area contributed by atoms with Gasteiger partial charge in [-0.1, -0.05) is 6.07 Å². The number of hydrogen-bond donors (Lipinski definition) is 3. The van der Waals surface area contributed by atoms with Gasteiger partial charge in [0.05, 0.1) is 33.9 Å². The van der Waals surface area contributed by atoms with Gasteiger partial charge in [0.2, 0.25) is 10.0 Å². The highest BCUT2D eigenvalue weighted by Gasteiger charge is 2.19. The van der Waals surface area contributed by atoms with Crippen LogP contribution in [0.3, 0.4) is 0 Å². The standard InChI is InChI=1S/C20H23N7O2S/c1-26-8-10-27(11-9-26)13-6-7-14-17(12-13)22-20(21-14)19-18-15(23-24-19)4-3-5-16(18)25-30(2,28)29/h3-7,12,25H,8-11H2,1-2H3,(H,21,22)(H,23,24). The lowest BCUT2D eigenvalue weighted by Crippen LogP contribution is -2.44. The maximum Gasteiger partial charge on any atom is 0.229 e. The highest BCUT2D eigenvalue weighted by atomic mass is 32.2. The smallest absolute Gasteiger partial charge is 0.229 e. The molecule has 1 fully saturated rings. The van der Waals surface area contributed by atoms with Crippen molar-refractivity contribution >= 4 is 43.3 Å². The number of hydrogen-bond acceptors (Lipinski definition) is 6. The summed E-state index contributed by atoms with van der Waals surface area (Å²) in [6.45, 7) is 4.07. The minimum absolute atomic E-state index is 0.470. The Morgan fingerprint density at radius 2 is 1.87 bits per heavy atom. The number of fused-ring (bicyclic) bond motifs is 2. The van der Waals surface area contributed by atoms with Crippen LogP contribution in [0.1, 0.15) is 0 Å². The van der Waals surface area contributed by atoms with Gasteiger partial charge in [0.15, 0.2) is 5.82 Å². The van der Waals surface area contributed by atoms with Crippen LogP contribution < -0.4 is 9.62 Å². The van der Waals surface area contributed by atoms with Crippen molar-refractivity contribution in [2.24, 2.45) is 0 Å². The van der Waals surface area contributed by atoms with Gasteiger partial charge >= 0.3 is 0 Å². The molecule has 0 saturated carbocycles. The van der Waals surface area contributed by atoms with Crippen molar-refractivity contribution in [2.45, 2.75) is 0 Å². The zero-order valence-electron chi connectivity index (χ0n) is 16.8. The maximum atomic E-state index is 11.8. The van der Waals surface area contributed by atoms with Crippen molar-refractivity contribution in [2.75, 3.05) is 49.1 Å². The topological polar surface area (TPSA) is 110 Å². The van der Waals surface area contributed by atoms with Gasteiger partial charge < -0.3 is 14.8 Å². The third-order valence-corrected chi connectivity index (χ3v) is 6.03. The molecule has 1 saturated heterocycles. The molecule has 1 aliphatic heterocycles. The van der Waals surface area contributed by atoms with Crippen molar-refractivity contribution in [3.05, 3.63) is 36.4 Å². The summed E-state index contributed by atoms with van der Waals surface area (Å²) in [5.74, 6) is 0.592. The summed E-state index contributed by atoms with van der Waals surface area (Å²) in [5, 5.41) is 8.05. The summed E-state index contributed by atoms with van der Waals surface area (Å²) in [6, 6.07) is 11.6. The Morgan fingerprint density at radius 3 is 2.63 bits per heavy atom. The molecule has 0 atom stereocenters. The van der Waals surface area contributed by atoms with E-state index in [1.807, 2.05) is 12.1 Å². The van der Waals surface area contributed by atoms with E-state index in [4.69, 9.17) is 4.98 Å². The summed E-state index contributed by atoms with van der Waals surface area (Å²) in [5.41, 5.74) is 4.71. The van der Waals surface area contributed by atoms with Crippen molar-refractivity contribution < 1.29 is 8.42 Å². The van der Waals surface area contributed by atoms with Gasteiger partial charge in [-0.05, 0) is 37.4 Å². The predicted molar refractivity (Wildman–Crippen MR) is 119 cm³/mol. The summed E-state index contributed by atoms with van der Waals surface area (Å²) in [6.07, 6.45) is 1.13. The number of rotatable bonds is 4. The minimum Gasteiger partial charge on any atom is -0.369 e. The molecular formula is C20H23N7O2S. The van der Waals surface area contributed by atoms with Crippen molar-refractivity contribution in [3.63, 3.8) is 0 Å². The molecule has 0 unspecified atom stereocenters. The first kappa shape index (κ1) is 18.9. The fourth-order valence-electron chi connectivity index (χ4n) is 3.90. The number of aromatic nitrogens is 4. The lowest BCUT2D eigenvalue weighted by molar-refractivity contribution is 0.313. The number of sulfonamides is 1. The quantitative estimate of drug-likeness (QED) is 0.463. The minimum atomic E-state index is -3.42. The first-order valence-electron chi connectivity index (χ1n) is 9.76. The van der Waals surface area contributed by atoms with Crippen LogP contribution in [-0.4, -0.2) is 73.0 Å². The summed E-state index contributed by atoms with van der Waals surface area (Å²) in [7, 11) is -1.28. The van der Waals surface area contributed by atoms with Gasteiger partial charge in [-0.25, -0.2) is 13.4 Å². The first-order valence-corrected chi connectivity index (χ1v) is 11.6. The van der Waals surface area contributed by atoms with E-state index in [0.717, 1.165) is 54.7 Å². The molecule has 4 aromatic rings. The molecule has 9 nitrogen and oxygen atoms in total. The molecule has 10 heteroatoms. The first-order chi connectivity index (χ1) is 14.4. The van der Waals surface area contributed by atoms with Crippen molar-refractivity contribution in [3.8, 4) is 11.5 Å². The largest absolute Gasteiger partial charge is 0.369 e. The number of H-pyrrole nitrogens is 2. The fraction of sp³-hybridized carbons (Fsp3) is 0.300. The average Bonchev–Trinajstić information content (AvgIpc) is 3.31. The second-order valence-electron chi connectivity index (χ2n) is 7.75. The van der Waals surface area contributed by atoms with E-state index in [1.54, 1.807) is 12.1 Å². The van der Waals surface area contributed by atoms with Crippen LogP contribution in [0.25, 0.3) is 33.5 Å². The monoisotopic (exact) mass is 425 g/mol. The van der Waals surface area contributed by atoms with E-state index in [0.29, 0.717) is 22.6 Å². The molecule has 0 amide bonds. The van der Waals surface area contributed by atoms with E-state index < -0.39 is 10.0 Å². The fourth-order valence-corrected chi connectivity index (χ4v) is 4.47. The predicted octanol–water partition coefficient (Wildman–Crippen LogP) is 2.23. The summed E-state index contributed by atoms with van der Waals surface area (Å²) >= 11 is 0. The van der Waals surface area contributed by atoms with E-state index >= 15 is 0 Å². The van der Waals surface area contributed by atoms with Gasteiger partial charge in [-0.3, -0.25) is 9.82 Å². The second kappa shape index (κ2) is 6.99. The van der Waals surface area contributed by atoms with Crippen molar-refractivity contribution in [1.29, 1.82) is 0 Å². The van der Waals surface area contributed by atoms with Crippen LogP contribution in [0.15, 0.2) is 36.4 Å². The van der Waals surface area contributed by atoms with Crippen LogP contribution in [-0.2, 0) is 10.0 Å². The molecular weight excluding hydrogens is 402 g/mol. The number of imidazole rings is 1. The van der Waals surface area contributed by atoms with Gasteiger partial charge in [0.25, 0.3) is 0 Å². The number of anilines is 2. The molecule has 156 valence electrons. The van der Waals surface area contributed by atoms with Crippen LogP contribution in [0.5, 0.6) is 0 Å². The van der Waals surface area contributed by atoms with Gasteiger partial charge in [0, 0.05) is 31.9 Å². The lowest BCUT2D eigenvalue weighted by Gasteiger charge is -2.34. The van der Waals surface area contributed by atoms with Gasteiger partial charge in [0.1, 0.15) is 5.69 Å². The number of nitrogens with zero attached hydrogens (tertiary/aromatic N) is 4. The van der Waals surface area contributed by atoms with E-state index in [2.05, 4.69) is 48.9 Å². The zero-order valence-corrected chi connectivity index (χ0v) is 17.6. The highest BCUT2D eigenvalue weighted by molar-refractivity contribution is 7.92. The highest BCUT2D eigenvalue weighted by Crippen LogP contribution is 2.33. The van der Waals surface area contributed by atoms with Crippen LogP contribution >= 0.6 is 0 Å². The SMILES string of the molecule is CN1CCN(c2ccc3nc(-c4n[nH]c5cccc(NS(C)(=O)=O)c45)[nH]c3c2)CC1. The molecule has 3 N–H and O–H groups in total. The molecule has 1 aliphatic rings. The van der Waals surface area contributed by atoms with E-state index in [9.17, 15) is 8.42 Å². The Balaban J connectivity index is 1.56. The third kappa shape index (κ3) is 3.48. The van der Waals surface area contributed by atoms with Crippen molar-refractivity contribution in [1.82, 2.24) is 25.1 Å². The number of likely N-dealkylation sites (N-methyl/N-ethyl adjacent to an activating group) is 1. The van der Waals surface area contributed by atoms with E-state index in [1.165, 1.54) is 0 Å². The van der Waals surface area contributed by atoms with Crippen LogP contribution in [0.4, 0.5) is 11.4 Å². The molecule has 0 radical (unpaired) electrons. The number of benzene rings is 2. The van der Waals surface area contributed by atoms with Gasteiger partial charge in [-0.15, -0.1) is 0 Å². The second-order valence-corrected chi connectivity index (χ2v) is 9.50. The number of piperazine rings is 1. The molecule has 2 aromatic carbocycles. The molecule has 0 bridgehead atoms. The Hall–Kier alpha value is -3.11. The van der Waals surface area contributed by atoms with Crippen LogP contribution in [0.2, 0.25) is 0 Å². The zero-order chi connectivity index (χ0) is 20.9. The Morgan fingerprint density at radius 1 is 1.07 bits per heavy atom. The van der Waals surface area contributed by atoms with E-state index in [-0.39, 0.29) is 0 Å².